The highest BCUT2D eigenvalue weighted by Crippen LogP contribution is 2.19. The zero-order valence-corrected chi connectivity index (χ0v) is 12.1. The van der Waals surface area contributed by atoms with Crippen LogP contribution in [0.4, 0.5) is 0 Å². The van der Waals surface area contributed by atoms with Crippen molar-refractivity contribution >= 4 is 17.9 Å². The lowest BCUT2D eigenvalue weighted by molar-refractivity contribution is -0.177. The zero-order valence-electron chi connectivity index (χ0n) is 12.1. The summed E-state index contributed by atoms with van der Waals surface area (Å²) in [7, 11) is 0. The van der Waals surface area contributed by atoms with Gasteiger partial charge in [-0.1, -0.05) is 0 Å². The first-order chi connectivity index (χ1) is 8.89. The summed E-state index contributed by atoms with van der Waals surface area (Å²) in [6, 6.07) is 0. The van der Waals surface area contributed by atoms with Crippen LogP contribution >= 0.6 is 0 Å². The van der Waals surface area contributed by atoms with E-state index in [1.807, 2.05) is 0 Å². The summed E-state index contributed by atoms with van der Waals surface area (Å²) in [5, 5.41) is 10.1. The monoisotopic (exact) mass is 293 g/mol. The van der Waals surface area contributed by atoms with Crippen molar-refractivity contribution in [3.8, 4) is 0 Å². The number of esters is 3. The van der Waals surface area contributed by atoms with Gasteiger partial charge in [0.05, 0.1) is 32.7 Å². The van der Waals surface area contributed by atoms with Crippen LogP contribution in [0.25, 0.3) is 0 Å². The molecule has 0 saturated carbocycles. The van der Waals surface area contributed by atoms with E-state index in [1.54, 1.807) is 20.8 Å². The molecule has 0 saturated heterocycles. The van der Waals surface area contributed by atoms with Gasteiger partial charge in [0.15, 0.2) is 5.60 Å². The SMILES string of the molecule is CCOC(=O)CC(O)(CC(=O)OCC)C(=O)OCC.N. The van der Waals surface area contributed by atoms with Crippen molar-refractivity contribution in [2.45, 2.75) is 39.2 Å². The van der Waals surface area contributed by atoms with Gasteiger partial charge >= 0.3 is 17.9 Å². The van der Waals surface area contributed by atoms with Crippen LogP contribution in [-0.2, 0) is 28.6 Å². The molecule has 0 heterocycles. The molecule has 4 N–H and O–H groups in total. The normalized spacial score (nSPS) is 10.2. The average Bonchev–Trinajstić information content (AvgIpc) is 2.29. The maximum atomic E-state index is 11.7. The lowest BCUT2D eigenvalue weighted by atomic mass is 9.95. The van der Waals surface area contributed by atoms with Crippen LogP contribution < -0.4 is 6.15 Å². The number of carbonyl (C=O) groups is 3. The molecule has 0 aromatic heterocycles. The minimum Gasteiger partial charge on any atom is -0.466 e. The number of carbonyl (C=O) groups excluding carboxylic acids is 3. The quantitative estimate of drug-likeness (QED) is 0.483. The fourth-order valence-electron chi connectivity index (χ4n) is 1.37. The van der Waals surface area contributed by atoms with Gasteiger partial charge < -0.3 is 25.5 Å². The molecule has 20 heavy (non-hydrogen) atoms. The number of hydrogen-bond donors (Lipinski definition) is 2. The summed E-state index contributed by atoms with van der Waals surface area (Å²) in [5.74, 6) is -2.62. The van der Waals surface area contributed by atoms with Crippen LogP contribution in [0, 0.1) is 0 Å². The maximum Gasteiger partial charge on any atom is 0.339 e. The number of aliphatic hydroxyl groups is 1. The van der Waals surface area contributed by atoms with Gasteiger partial charge in [-0.3, -0.25) is 9.59 Å². The molecule has 0 aliphatic rings. The fraction of sp³-hybridized carbons (Fsp3) is 0.750. The van der Waals surface area contributed by atoms with E-state index in [1.165, 1.54) is 0 Å². The third-order valence-corrected chi connectivity index (χ3v) is 2.14. The Balaban J connectivity index is 0. The second-order valence-electron chi connectivity index (χ2n) is 3.72. The van der Waals surface area contributed by atoms with E-state index in [0.29, 0.717) is 0 Å². The molecule has 0 spiro atoms. The van der Waals surface area contributed by atoms with Crippen LogP contribution in [0.15, 0.2) is 0 Å². The Labute approximate surface area is 118 Å². The minimum absolute atomic E-state index is 0. The van der Waals surface area contributed by atoms with Gasteiger partial charge in [-0.2, -0.15) is 0 Å². The molecule has 0 rings (SSSR count). The summed E-state index contributed by atoms with van der Waals surface area (Å²) in [5.41, 5.74) is -2.26. The largest absolute Gasteiger partial charge is 0.466 e. The molecule has 8 nitrogen and oxygen atoms in total. The van der Waals surface area contributed by atoms with Crippen LogP contribution in [0.1, 0.15) is 33.6 Å². The molecule has 0 radical (unpaired) electrons. The third-order valence-electron chi connectivity index (χ3n) is 2.14. The standard InChI is InChI=1S/C12H20O7.H3N/c1-4-17-9(13)7-12(16,11(15)19-6-3)8-10(14)18-5-2;/h16H,4-8H2,1-3H3;1H3. The summed E-state index contributed by atoms with van der Waals surface area (Å²) < 4.78 is 14.0. The molecular formula is C12H23NO7. The number of ether oxygens (including phenoxy) is 3. The molecule has 8 heteroatoms. The summed E-state index contributed by atoms with van der Waals surface area (Å²) >= 11 is 0. The van der Waals surface area contributed by atoms with Gasteiger partial charge in [0, 0.05) is 0 Å². The van der Waals surface area contributed by atoms with Crippen molar-refractivity contribution in [3.05, 3.63) is 0 Å². The number of rotatable bonds is 8. The first-order valence-corrected chi connectivity index (χ1v) is 6.10. The second kappa shape index (κ2) is 10.2. The Kier molecular flexibility index (Phi) is 10.5. The van der Waals surface area contributed by atoms with Gasteiger partial charge in [-0.05, 0) is 20.8 Å². The molecule has 0 aromatic carbocycles. The lowest BCUT2D eigenvalue weighted by Gasteiger charge is -2.23. The van der Waals surface area contributed by atoms with Crippen molar-refractivity contribution in [3.63, 3.8) is 0 Å². The van der Waals surface area contributed by atoms with Crippen molar-refractivity contribution < 1.29 is 33.7 Å². The Bertz CT molecular complexity index is 310. The van der Waals surface area contributed by atoms with Gasteiger partial charge in [-0.25, -0.2) is 4.79 Å². The first kappa shape index (κ1) is 20.6. The summed E-state index contributed by atoms with van der Waals surface area (Å²) in [6.07, 6.45) is -1.31. The number of hydrogen-bond acceptors (Lipinski definition) is 8. The maximum absolute atomic E-state index is 11.7. The van der Waals surface area contributed by atoms with E-state index in [0.717, 1.165) is 0 Å². The average molecular weight is 293 g/mol. The van der Waals surface area contributed by atoms with E-state index in [9.17, 15) is 19.5 Å². The molecule has 118 valence electrons. The Morgan fingerprint density at radius 1 is 0.850 bits per heavy atom. The van der Waals surface area contributed by atoms with Crippen LogP contribution in [-0.4, -0.2) is 48.4 Å². The van der Waals surface area contributed by atoms with Gasteiger partial charge in [-0.15, -0.1) is 0 Å². The summed E-state index contributed by atoms with van der Waals surface area (Å²) in [6.45, 7) is 4.97. The van der Waals surface area contributed by atoms with E-state index < -0.39 is 36.4 Å². The highest BCUT2D eigenvalue weighted by Gasteiger charge is 2.43. The molecule has 0 aromatic rings. The fourth-order valence-corrected chi connectivity index (χ4v) is 1.37. The van der Waals surface area contributed by atoms with Crippen LogP contribution in [0.5, 0.6) is 0 Å². The van der Waals surface area contributed by atoms with Crippen molar-refractivity contribution in [2.75, 3.05) is 19.8 Å². The highest BCUT2D eigenvalue weighted by molar-refractivity contribution is 5.90. The van der Waals surface area contributed by atoms with E-state index in [2.05, 4.69) is 14.2 Å². The molecule has 0 aliphatic carbocycles. The molecule has 0 fully saturated rings. The molecule has 0 aliphatic heterocycles. The highest BCUT2D eigenvalue weighted by atomic mass is 16.6. The Hall–Kier alpha value is -1.67. The molecular weight excluding hydrogens is 270 g/mol. The van der Waals surface area contributed by atoms with Crippen molar-refractivity contribution in [2.24, 2.45) is 0 Å². The predicted molar refractivity (Wildman–Crippen MR) is 69.1 cm³/mol. The van der Waals surface area contributed by atoms with Gasteiger partial charge in [0.2, 0.25) is 0 Å². The van der Waals surface area contributed by atoms with Crippen molar-refractivity contribution in [1.29, 1.82) is 0 Å². The van der Waals surface area contributed by atoms with E-state index in [4.69, 9.17) is 0 Å². The molecule has 0 bridgehead atoms. The van der Waals surface area contributed by atoms with Gasteiger partial charge in [0.1, 0.15) is 0 Å². The zero-order chi connectivity index (χ0) is 14.9. The third kappa shape index (κ3) is 7.05. The Morgan fingerprint density at radius 3 is 1.50 bits per heavy atom. The van der Waals surface area contributed by atoms with Crippen molar-refractivity contribution in [1.82, 2.24) is 6.15 Å². The topological polar surface area (TPSA) is 134 Å². The Morgan fingerprint density at radius 2 is 1.20 bits per heavy atom. The van der Waals surface area contributed by atoms with Crippen LogP contribution in [0.2, 0.25) is 0 Å². The first-order valence-electron chi connectivity index (χ1n) is 6.10. The molecule has 0 atom stereocenters. The molecule has 0 amide bonds. The lowest BCUT2D eigenvalue weighted by Crippen LogP contribution is -2.44. The smallest absolute Gasteiger partial charge is 0.339 e. The van der Waals surface area contributed by atoms with E-state index >= 15 is 0 Å². The minimum atomic E-state index is -2.26. The van der Waals surface area contributed by atoms with E-state index in [-0.39, 0.29) is 26.0 Å². The predicted octanol–water partition coefficient (Wildman–Crippen LogP) is 0.349. The van der Waals surface area contributed by atoms with Crippen LogP contribution in [0.3, 0.4) is 0 Å². The second-order valence-corrected chi connectivity index (χ2v) is 3.72. The molecule has 0 unspecified atom stereocenters. The summed E-state index contributed by atoms with van der Waals surface area (Å²) in [4.78, 5) is 34.4. The van der Waals surface area contributed by atoms with Gasteiger partial charge in [0.25, 0.3) is 0 Å².